The first kappa shape index (κ1) is 17.1. The average molecular weight is 390 g/mol. The number of hydrogen-bond donors (Lipinski definition) is 1. The fourth-order valence-corrected chi connectivity index (χ4v) is 3.25. The van der Waals surface area contributed by atoms with Crippen LogP contribution in [0, 0.1) is 5.92 Å². The van der Waals surface area contributed by atoms with Crippen LogP contribution >= 0.6 is 27.5 Å². The number of likely N-dealkylation sites (tertiary alicyclic amines) is 1. The number of ether oxygens (including phenoxy) is 1. The zero-order chi connectivity index (χ0) is 16.3. The summed E-state index contributed by atoms with van der Waals surface area (Å²) in [4.78, 5) is 25.4. The van der Waals surface area contributed by atoms with Gasteiger partial charge in [-0.25, -0.2) is 0 Å². The smallest absolute Gasteiger partial charge is 0.263 e. The fraction of sp³-hybridized carbons (Fsp3) is 0.467. The molecule has 22 heavy (non-hydrogen) atoms. The van der Waals surface area contributed by atoms with Gasteiger partial charge in [0.1, 0.15) is 5.75 Å². The van der Waals surface area contributed by atoms with Gasteiger partial charge in [-0.1, -0.05) is 11.6 Å². The Balaban J connectivity index is 2.01. The zero-order valence-corrected chi connectivity index (χ0v) is 14.6. The minimum atomic E-state index is -0.649. The number of halogens is 2. The van der Waals surface area contributed by atoms with Gasteiger partial charge in [0.2, 0.25) is 5.91 Å². The van der Waals surface area contributed by atoms with E-state index >= 15 is 0 Å². The Labute approximate surface area is 142 Å². The Hall–Kier alpha value is -1.27. The van der Waals surface area contributed by atoms with E-state index in [1.54, 1.807) is 30.0 Å². The Morgan fingerprint density at radius 2 is 2.23 bits per heavy atom. The summed E-state index contributed by atoms with van der Waals surface area (Å²) in [5.41, 5.74) is 5.34. The van der Waals surface area contributed by atoms with E-state index in [1.165, 1.54) is 0 Å². The molecule has 2 rings (SSSR count). The molecule has 1 aromatic rings. The highest BCUT2D eigenvalue weighted by Gasteiger charge is 2.30. The van der Waals surface area contributed by atoms with Crippen LogP contribution in [0.3, 0.4) is 0 Å². The summed E-state index contributed by atoms with van der Waals surface area (Å²) in [6, 6.07) is 5.11. The molecule has 5 nitrogen and oxygen atoms in total. The van der Waals surface area contributed by atoms with Gasteiger partial charge in [0.15, 0.2) is 6.10 Å². The van der Waals surface area contributed by atoms with E-state index < -0.39 is 6.10 Å². The van der Waals surface area contributed by atoms with Crippen molar-refractivity contribution in [3.8, 4) is 5.75 Å². The second-order valence-corrected chi connectivity index (χ2v) is 6.65. The average Bonchev–Trinajstić information content (AvgIpc) is 2.49. The van der Waals surface area contributed by atoms with Gasteiger partial charge in [-0.3, -0.25) is 9.59 Å². The molecule has 0 aromatic heterocycles. The molecule has 0 spiro atoms. The van der Waals surface area contributed by atoms with E-state index in [-0.39, 0.29) is 17.7 Å². The number of primary amides is 1. The van der Waals surface area contributed by atoms with Gasteiger partial charge in [-0.15, -0.1) is 0 Å². The highest BCUT2D eigenvalue weighted by atomic mass is 79.9. The van der Waals surface area contributed by atoms with E-state index in [9.17, 15) is 9.59 Å². The van der Waals surface area contributed by atoms with E-state index in [0.717, 1.165) is 12.8 Å². The van der Waals surface area contributed by atoms with Crippen LogP contribution in [0.5, 0.6) is 5.75 Å². The maximum absolute atomic E-state index is 12.5. The van der Waals surface area contributed by atoms with Gasteiger partial charge in [0.05, 0.1) is 10.4 Å². The van der Waals surface area contributed by atoms with Gasteiger partial charge < -0.3 is 15.4 Å². The molecule has 0 radical (unpaired) electrons. The molecule has 7 heteroatoms. The Morgan fingerprint density at radius 3 is 2.86 bits per heavy atom. The third-order valence-corrected chi connectivity index (χ3v) is 4.54. The molecule has 0 aliphatic carbocycles. The highest BCUT2D eigenvalue weighted by molar-refractivity contribution is 9.10. The fourth-order valence-electron chi connectivity index (χ4n) is 2.48. The third kappa shape index (κ3) is 4.14. The van der Waals surface area contributed by atoms with E-state index in [1.807, 2.05) is 0 Å². The molecule has 0 bridgehead atoms. The number of nitrogens with two attached hydrogens (primary N) is 1. The lowest BCUT2D eigenvalue weighted by molar-refractivity contribution is -0.141. The maximum atomic E-state index is 12.5. The Bertz CT molecular complexity index is 582. The molecule has 1 aliphatic heterocycles. The molecular formula is C15H18BrClN2O3. The van der Waals surface area contributed by atoms with Gasteiger partial charge in [-0.2, -0.15) is 0 Å². The van der Waals surface area contributed by atoms with Crippen molar-refractivity contribution < 1.29 is 14.3 Å². The van der Waals surface area contributed by atoms with Crippen LogP contribution in [0.2, 0.25) is 5.02 Å². The first-order valence-electron chi connectivity index (χ1n) is 7.08. The van der Waals surface area contributed by atoms with Crippen molar-refractivity contribution in [2.75, 3.05) is 13.1 Å². The van der Waals surface area contributed by atoms with E-state index in [2.05, 4.69) is 15.9 Å². The predicted molar refractivity (Wildman–Crippen MR) is 87.7 cm³/mol. The van der Waals surface area contributed by atoms with Crippen molar-refractivity contribution in [2.24, 2.45) is 11.7 Å². The summed E-state index contributed by atoms with van der Waals surface area (Å²) in [6.45, 7) is 2.68. The first-order valence-corrected chi connectivity index (χ1v) is 8.25. The van der Waals surface area contributed by atoms with Crippen LogP contribution in [-0.4, -0.2) is 35.9 Å². The summed E-state index contributed by atoms with van der Waals surface area (Å²) in [7, 11) is 0. The highest BCUT2D eigenvalue weighted by Crippen LogP contribution is 2.29. The number of carbonyl (C=O) groups excluding carboxylic acids is 2. The molecule has 2 N–H and O–H groups in total. The van der Waals surface area contributed by atoms with Crippen molar-refractivity contribution in [1.29, 1.82) is 0 Å². The summed E-state index contributed by atoms with van der Waals surface area (Å²) in [6.07, 6.45) is 0.859. The lowest BCUT2D eigenvalue weighted by Gasteiger charge is -2.33. The number of piperidine rings is 1. The van der Waals surface area contributed by atoms with Gasteiger partial charge in [0, 0.05) is 18.1 Å². The maximum Gasteiger partial charge on any atom is 0.263 e. The number of hydrogen-bond acceptors (Lipinski definition) is 3. The number of carbonyl (C=O) groups is 2. The number of rotatable bonds is 4. The quantitative estimate of drug-likeness (QED) is 0.860. The number of nitrogens with zero attached hydrogens (tertiary/aromatic N) is 1. The van der Waals surface area contributed by atoms with Crippen LogP contribution in [0.25, 0.3) is 0 Å². The van der Waals surface area contributed by atoms with Crippen molar-refractivity contribution in [1.82, 2.24) is 4.90 Å². The second-order valence-electron chi connectivity index (χ2n) is 5.36. The Kier molecular flexibility index (Phi) is 5.69. The third-order valence-electron chi connectivity index (χ3n) is 3.68. The van der Waals surface area contributed by atoms with Gasteiger partial charge in [-0.05, 0) is 53.9 Å². The van der Waals surface area contributed by atoms with E-state index in [4.69, 9.17) is 22.1 Å². The zero-order valence-electron chi connectivity index (χ0n) is 12.2. The van der Waals surface area contributed by atoms with Crippen LogP contribution < -0.4 is 10.5 Å². The molecule has 1 aromatic carbocycles. The lowest BCUT2D eigenvalue weighted by Crippen LogP contribution is -2.48. The topological polar surface area (TPSA) is 72.6 Å². The summed E-state index contributed by atoms with van der Waals surface area (Å²) in [5.74, 6) is -0.222. The molecule has 1 saturated heterocycles. The van der Waals surface area contributed by atoms with Crippen molar-refractivity contribution in [3.05, 3.63) is 27.7 Å². The van der Waals surface area contributed by atoms with Crippen LogP contribution in [0.4, 0.5) is 0 Å². The lowest BCUT2D eigenvalue weighted by atomic mass is 9.97. The second kappa shape index (κ2) is 7.33. The summed E-state index contributed by atoms with van der Waals surface area (Å²) in [5, 5.41) is 0.582. The van der Waals surface area contributed by atoms with Gasteiger partial charge in [0.25, 0.3) is 5.91 Å². The van der Waals surface area contributed by atoms with E-state index in [0.29, 0.717) is 28.3 Å². The molecular weight excluding hydrogens is 372 g/mol. The molecule has 1 heterocycles. The minimum Gasteiger partial charge on any atom is -0.480 e. The number of benzene rings is 1. The molecule has 0 saturated carbocycles. The van der Waals surface area contributed by atoms with Crippen LogP contribution in [-0.2, 0) is 9.59 Å². The van der Waals surface area contributed by atoms with Crippen LogP contribution in [0.1, 0.15) is 19.8 Å². The minimum absolute atomic E-state index is 0.146. The predicted octanol–water partition coefficient (Wildman–Crippen LogP) is 2.59. The molecule has 120 valence electrons. The van der Waals surface area contributed by atoms with Crippen molar-refractivity contribution >= 4 is 39.3 Å². The SMILES string of the molecule is CC(Oc1ccc(Cl)cc1Br)C(=O)N1CCCC(C(N)=O)C1. The Morgan fingerprint density at radius 1 is 1.50 bits per heavy atom. The summed E-state index contributed by atoms with van der Waals surface area (Å²) < 4.78 is 6.39. The normalized spacial score (nSPS) is 19.6. The number of amides is 2. The van der Waals surface area contributed by atoms with Crippen molar-refractivity contribution in [2.45, 2.75) is 25.9 Å². The molecule has 2 atom stereocenters. The molecule has 2 amide bonds. The monoisotopic (exact) mass is 388 g/mol. The molecule has 2 unspecified atom stereocenters. The van der Waals surface area contributed by atoms with Gasteiger partial charge >= 0.3 is 0 Å². The first-order chi connectivity index (χ1) is 10.4. The summed E-state index contributed by atoms with van der Waals surface area (Å²) >= 11 is 9.23. The van der Waals surface area contributed by atoms with Crippen molar-refractivity contribution in [3.63, 3.8) is 0 Å². The standard InChI is InChI=1S/C15H18BrClN2O3/c1-9(22-13-5-4-11(17)7-12(13)16)15(21)19-6-2-3-10(8-19)14(18)20/h4-5,7,9-10H,2-3,6,8H2,1H3,(H2,18,20). The van der Waals surface area contributed by atoms with Crippen LogP contribution in [0.15, 0.2) is 22.7 Å². The molecule has 1 fully saturated rings. The largest absolute Gasteiger partial charge is 0.480 e. The molecule has 1 aliphatic rings.